The lowest BCUT2D eigenvalue weighted by Gasteiger charge is -2.20. The Morgan fingerprint density at radius 1 is 0.947 bits per heavy atom. The molecule has 1 nitrogen and oxygen atoms in total. The van der Waals surface area contributed by atoms with Crippen LogP contribution in [-0.4, -0.2) is 10.4 Å². The summed E-state index contributed by atoms with van der Waals surface area (Å²) in [5, 5.41) is 11.2. The van der Waals surface area contributed by atoms with Gasteiger partial charge >= 0.3 is 0 Å². The largest absolute Gasteiger partial charge is 0.506 e. The van der Waals surface area contributed by atoms with Crippen LogP contribution in [0.3, 0.4) is 0 Å². The summed E-state index contributed by atoms with van der Waals surface area (Å²) < 4.78 is 0. The molecule has 1 aliphatic carbocycles. The van der Waals surface area contributed by atoms with Gasteiger partial charge in [-0.05, 0) is 12.8 Å². The Balaban J connectivity index is 2.15. The standard InChI is InChI=1S/C14H17Cl3OS/c15-10-8-11(18)12(16)13(17)14(10)19-9-6-4-2-1-3-5-7-9/h8-9,18H,1-7H2. The van der Waals surface area contributed by atoms with E-state index in [9.17, 15) is 5.11 Å². The Morgan fingerprint density at radius 2 is 1.53 bits per heavy atom. The van der Waals surface area contributed by atoms with Gasteiger partial charge in [-0.3, -0.25) is 0 Å². The fraction of sp³-hybridized carbons (Fsp3) is 0.571. The first-order valence-electron chi connectivity index (χ1n) is 6.62. The van der Waals surface area contributed by atoms with Gasteiger partial charge in [0.15, 0.2) is 0 Å². The summed E-state index contributed by atoms with van der Waals surface area (Å²) in [6, 6.07) is 1.47. The van der Waals surface area contributed by atoms with Crippen molar-refractivity contribution in [2.24, 2.45) is 0 Å². The van der Waals surface area contributed by atoms with E-state index in [4.69, 9.17) is 34.8 Å². The van der Waals surface area contributed by atoms with E-state index in [-0.39, 0.29) is 10.8 Å². The molecule has 1 N–H and O–H groups in total. The summed E-state index contributed by atoms with van der Waals surface area (Å²) in [6.45, 7) is 0. The van der Waals surface area contributed by atoms with Crippen LogP contribution < -0.4 is 0 Å². The molecule has 0 spiro atoms. The van der Waals surface area contributed by atoms with Crippen molar-refractivity contribution in [1.82, 2.24) is 0 Å². The van der Waals surface area contributed by atoms with E-state index in [0.717, 1.165) is 4.90 Å². The molecule has 0 unspecified atom stereocenters. The SMILES string of the molecule is Oc1cc(Cl)c(SC2CCCCCCC2)c(Cl)c1Cl. The van der Waals surface area contributed by atoms with E-state index >= 15 is 0 Å². The van der Waals surface area contributed by atoms with Crippen LogP contribution in [0.1, 0.15) is 44.9 Å². The summed E-state index contributed by atoms with van der Waals surface area (Å²) in [6.07, 6.45) is 8.89. The highest BCUT2D eigenvalue weighted by Crippen LogP contribution is 2.46. The maximum atomic E-state index is 9.58. The number of halogens is 3. The number of thioether (sulfide) groups is 1. The van der Waals surface area contributed by atoms with Crippen LogP contribution in [0.15, 0.2) is 11.0 Å². The third-order valence-corrected chi connectivity index (χ3v) is 6.28. The van der Waals surface area contributed by atoms with Crippen LogP contribution in [0.5, 0.6) is 5.75 Å². The van der Waals surface area contributed by atoms with Crippen molar-refractivity contribution in [3.8, 4) is 5.75 Å². The Kier molecular flexibility index (Phi) is 6.01. The third kappa shape index (κ3) is 4.10. The molecule has 0 saturated heterocycles. The highest BCUT2D eigenvalue weighted by molar-refractivity contribution is 8.00. The van der Waals surface area contributed by atoms with Crippen molar-refractivity contribution < 1.29 is 5.11 Å². The summed E-state index contributed by atoms with van der Waals surface area (Å²) in [7, 11) is 0. The fourth-order valence-electron chi connectivity index (χ4n) is 2.38. The maximum absolute atomic E-state index is 9.58. The molecule has 0 heterocycles. The minimum Gasteiger partial charge on any atom is -0.506 e. The molecular formula is C14H17Cl3OS. The van der Waals surface area contributed by atoms with Crippen molar-refractivity contribution >= 4 is 46.6 Å². The van der Waals surface area contributed by atoms with E-state index < -0.39 is 0 Å². The molecule has 5 heteroatoms. The van der Waals surface area contributed by atoms with Crippen LogP contribution in [0, 0.1) is 0 Å². The number of rotatable bonds is 2. The molecule has 1 aliphatic rings. The molecular weight excluding hydrogens is 323 g/mol. The van der Waals surface area contributed by atoms with E-state index in [0.29, 0.717) is 15.3 Å². The smallest absolute Gasteiger partial charge is 0.137 e. The Labute approximate surface area is 133 Å². The molecule has 0 atom stereocenters. The van der Waals surface area contributed by atoms with Crippen molar-refractivity contribution in [1.29, 1.82) is 0 Å². The van der Waals surface area contributed by atoms with Crippen LogP contribution >= 0.6 is 46.6 Å². The van der Waals surface area contributed by atoms with Gasteiger partial charge in [-0.1, -0.05) is 66.9 Å². The van der Waals surface area contributed by atoms with E-state index in [2.05, 4.69) is 0 Å². The lowest BCUT2D eigenvalue weighted by molar-refractivity contribution is 0.475. The summed E-state index contributed by atoms with van der Waals surface area (Å²) in [5.41, 5.74) is 0. The number of hydrogen-bond donors (Lipinski definition) is 1. The van der Waals surface area contributed by atoms with Gasteiger partial charge in [0.1, 0.15) is 10.8 Å². The van der Waals surface area contributed by atoms with Crippen LogP contribution in [0.4, 0.5) is 0 Å². The predicted octanol–water partition coefficient (Wildman–Crippen LogP) is 6.56. The minimum absolute atomic E-state index is 0.0568. The normalized spacial score (nSPS) is 18.1. The van der Waals surface area contributed by atoms with Gasteiger partial charge < -0.3 is 5.11 Å². The second-order valence-corrected chi connectivity index (χ2v) is 7.39. The van der Waals surface area contributed by atoms with Gasteiger partial charge in [-0.2, -0.15) is 0 Å². The van der Waals surface area contributed by atoms with Gasteiger partial charge in [0.25, 0.3) is 0 Å². The molecule has 1 aromatic carbocycles. The Bertz CT molecular complexity index is 443. The average molecular weight is 340 g/mol. The van der Waals surface area contributed by atoms with Gasteiger partial charge in [0.2, 0.25) is 0 Å². The van der Waals surface area contributed by atoms with Gasteiger partial charge in [-0.25, -0.2) is 0 Å². The first-order chi connectivity index (χ1) is 9.09. The summed E-state index contributed by atoms with van der Waals surface area (Å²) in [5.74, 6) is -0.0568. The topological polar surface area (TPSA) is 20.2 Å². The van der Waals surface area contributed by atoms with Crippen LogP contribution in [0.2, 0.25) is 15.1 Å². The third-order valence-electron chi connectivity index (χ3n) is 3.43. The fourth-order valence-corrected chi connectivity index (χ4v) is 4.57. The first kappa shape index (κ1) is 15.6. The second kappa shape index (κ2) is 7.31. The summed E-state index contributed by atoms with van der Waals surface area (Å²) in [4.78, 5) is 0.803. The minimum atomic E-state index is -0.0568. The van der Waals surface area contributed by atoms with Gasteiger partial charge in [0.05, 0.1) is 10.0 Å². The molecule has 0 bridgehead atoms. The molecule has 19 heavy (non-hydrogen) atoms. The van der Waals surface area contributed by atoms with Crippen molar-refractivity contribution in [3.63, 3.8) is 0 Å². The molecule has 1 aromatic rings. The molecule has 0 radical (unpaired) electrons. The van der Waals surface area contributed by atoms with Crippen molar-refractivity contribution in [3.05, 3.63) is 21.1 Å². The zero-order chi connectivity index (χ0) is 13.8. The molecule has 1 saturated carbocycles. The monoisotopic (exact) mass is 338 g/mol. The molecule has 106 valence electrons. The van der Waals surface area contributed by atoms with E-state index in [1.807, 2.05) is 0 Å². The molecule has 0 aliphatic heterocycles. The molecule has 0 aromatic heterocycles. The molecule has 1 fully saturated rings. The zero-order valence-electron chi connectivity index (χ0n) is 10.6. The number of phenols is 1. The Hall–Kier alpha value is 0.240. The van der Waals surface area contributed by atoms with E-state index in [1.54, 1.807) is 11.8 Å². The molecule has 0 amide bonds. The number of hydrogen-bond acceptors (Lipinski definition) is 2. The molecule has 2 rings (SSSR count). The zero-order valence-corrected chi connectivity index (χ0v) is 13.7. The van der Waals surface area contributed by atoms with Crippen molar-refractivity contribution in [2.45, 2.75) is 55.1 Å². The van der Waals surface area contributed by atoms with Gasteiger partial charge in [0, 0.05) is 16.2 Å². The Morgan fingerprint density at radius 3 is 2.16 bits per heavy atom. The predicted molar refractivity (Wildman–Crippen MR) is 85.1 cm³/mol. The summed E-state index contributed by atoms with van der Waals surface area (Å²) >= 11 is 20.1. The first-order valence-corrected chi connectivity index (χ1v) is 8.64. The van der Waals surface area contributed by atoms with E-state index in [1.165, 1.54) is 51.0 Å². The van der Waals surface area contributed by atoms with Crippen LogP contribution in [0.25, 0.3) is 0 Å². The number of benzene rings is 1. The quantitative estimate of drug-likeness (QED) is 0.616. The number of phenolic OH excluding ortho intramolecular Hbond substituents is 1. The second-order valence-electron chi connectivity index (χ2n) is 4.92. The van der Waals surface area contributed by atoms with Crippen molar-refractivity contribution in [2.75, 3.05) is 0 Å². The van der Waals surface area contributed by atoms with Crippen LogP contribution in [-0.2, 0) is 0 Å². The lowest BCUT2D eigenvalue weighted by Crippen LogP contribution is -2.05. The van der Waals surface area contributed by atoms with Gasteiger partial charge in [-0.15, -0.1) is 11.8 Å². The average Bonchev–Trinajstić information content (AvgIpc) is 2.34. The maximum Gasteiger partial charge on any atom is 0.137 e. The highest BCUT2D eigenvalue weighted by atomic mass is 35.5. The number of aromatic hydroxyl groups is 1. The lowest BCUT2D eigenvalue weighted by atomic mass is 10.0. The highest BCUT2D eigenvalue weighted by Gasteiger charge is 2.19.